The van der Waals surface area contributed by atoms with Crippen molar-refractivity contribution < 1.29 is 0 Å². The topological polar surface area (TPSA) is 63.8 Å². The number of hydrogen-bond donors (Lipinski definition) is 2. The zero-order chi connectivity index (χ0) is 12.3. The molecule has 0 bridgehead atoms. The molecule has 1 aliphatic rings. The normalized spacial score (nSPS) is 24.6. The molecule has 4 nitrogen and oxygen atoms in total. The monoisotopic (exact) mass is 298 g/mol. The highest BCUT2D eigenvalue weighted by atomic mass is 79.9. The summed E-state index contributed by atoms with van der Waals surface area (Å²) in [7, 11) is 0. The summed E-state index contributed by atoms with van der Waals surface area (Å²) >= 11 is 3.32. The molecule has 0 aliphatic heterocycles. The molecule has 0 saturated heterocycles. The second-order valence-electron chi connectivity index (χ2n) is 4.84. The van der Waals surface area contributed by atoms with E-state index in [2.05, 4.69) is 38.1 Å². The molecule has 2 rings (SSSR count). The van der Waals surface area contributed by atoms with E-state index in [1.165, 1.54) is 25.7 Å². The number of rotatable bonds is 3. The third-order valence-electron chi connectivity index (χ3n) is 3.53. The molecular weight excluding hydrogens is 280 g/mol. The summed E-state index contributed by atoms with van der Waals surface area (Å²) in [6.07, 6.45) is 5.36. The number of anilines is 2. The van der Waals surface area contributed by atoms with Crippen LogP contribution >= 0.6 is 15.9 Å². The summed E-state index contributed by atoms with van der Waals surface area (Å²) in [5, 5.41) is 3.29. The van der Waals surface area contributed by atoms with Gasteiger partial charge < -0.3 is 11.1 Å². The fraction of sp³-hybridized carbons (Fsp3) is 0.667. The van der Waals surface area contributed by atoms with Crippen LogP contribution in [0.4, 0.5) is 11.8 Å². The smallest absolute Gasteiger partial charge is 0.225 e. The number of nitrogens with one attached hydrogen (secondary N) is 1. The maximum atomic E-state index is 5.67. The summed E-state index contributed by atoms with van der Waals surface area (Å²) < 4.78 is 0.726. The fourth-order valence-corrected chi connectivity index (χ4v) is 2.84. The summed E-state index contributed by atoms with van der Waals surface area (Å²) in [6, 6.07) is 1.70. The number of halogens is 1. The molecule has 1 aromatic rings. The SMILES string of the molecule is CC1CCCCC1CNc1nc(N)cc(Br)n1. The predicted molar refractivity (Wildman–Crippen MR) is 73.8 cm³/mol. The van der Waals surface area contributed by atoms with Crippen LogP contribution in [0.25, 0.3) is 0 Å². The molecule has 1 aromatic heterocycles. The van der Waals surface area contributed by atoms with Crippen molar-refractivity contribution in [2.45, 2.75) is 32.6 Å². The second kappa shape index (κ2) is 5.67. The minimum absolute atomic E-state index is 0.492. The van der Waals surface area contributed by atoms with Gasteiger partial charge in [0.1, 0.15) is 10.4 Å². The Bertz CT molecular complexity index is 363. The van der Waals surface area contributed by atoms with E-state index in [0.717, 1.165) is 23.0 Å². The molecule has 0 radical (unpaired) electrons. The Morgan fingerprint density at radius 2 is 2.18 bits per heavy atom. The van der Waals surface area contributed by atoms with E-state index in [1.54, 1.807) is 6.07 Å². The molecule has 17 heavy (non-hydrogen) atoms. The highest BCUT2D eigenvalue weighted by Gasteiger charge is 2.21. The number of nitrogens with two attached hydrogens (primary N) is 1. The van der Waals surface area contributed by atoms with Gasteiger partial charge in [-0.3, -0.25) is 0 Å². The molecule has 2 atom stereocenters. The van der Waals surface area contributed by atoms with Gasteiger partial charge in [0.15, 0.2) is 0 Å². The zero-order valence-electron chi connectivity index (χ0n) is 10.1. The minimum atomic E-state index is 0.492. The maximum Gasteiger partial charge on any atom is 0.225 e. The molecular formula is C12H19BrN4. The van der Waals surface area contributed by atoms with Crippen molar-refractivity contribution >= 4 is 27.7 Å². The lowest BCUT2D eigenvalue weighted by molar-refractivity contribution is 0.268. The van der Waals surface area contributed by atoms with Crippen LogP contribution in [0.3, 0.4) is 0 Å². The van der Waals surface area contributed by atoms with Gasteiger partial charge in [-0.2, -0.15) is 4.98 Å². The van der Waals surface area contributed by atoms with Gasteiger partial charge in [0, 0.05) is 12.6 Å². The Kier molecular flexibility index (Phi) is 4.20. The van der Waals surface area contributed by atoms with Gasteiger partial charge in [-0.05, 0) is 34.2 Å². The summed E-state index contributed by atoms with van der Waals surface area (Å²) in [5.74, 6) is 2.63. The Labute approximate surface area is 111 Å². The lowest BCUT2D eigenvalue weighted by Crippen LogP contribution is -2.25. The minimum Gasteiger partial charge on any atom is -0.383 e. The van der Waals surface area contributed by atoms with Gasteiger partial charge in [0.2, 0.25) is 5.95 Å². The lowest BCUT2D eigenvalue weighted by atomic mass is 9.80. The first-order valence-electron chi connectivity index (χ1n) is 6.19. The summed E-state index contributed by atoms with van der Waals surface area (Å²) in [6.45, 7) is 3.28. The molecule has 0 aromatic carbocycles. The van der Waals surface area contributed by atoms with Crippen molar-refractivity contribution in [1.29, 1.82) is 0 Å². The number of nitrogen functional groups attached to an aromatic ring is 1. The van der Waals surface area contributed by atoms with Crippen molar-refractivity contribution in [3.8, 4) is 0 Å². The van der Waals surface area contributed by atoms with E-state index in [4.69, 9.17) is 5.73 Å². The standard InChI is InChI=1S/C12H19BrN4/c1-8-4-2-3-5-9(8)7-15-12-16-10(13)6-11(14)17-12/h6,8-9H,2-5,7H2,1H3,(H3,14,15,16,17). The summed E-state index contributed by atoms with van der Waals surface area (Å²) in [4.78, 5) is 8.43. The van der Waals surface area contributed by atoms with Crippen molar-refractivity contribution in [3.63, 3.8) is 0 Å². The molecule has 1 aliphatic carbocycles. The van der Waals surface area contributed by atoms with Gasteiger partial charge in [-0.25, -0.2) is 4.98 Å². The quantitative estimate of drug-likeness (QED) is 0.842. The Hall–Kier alpha value is -0.840. The zero-order valence-corrected chi connectivity index (χ0v) is 11.7. The van der Waals surface area contributed by atoms with E-state index in [-0.39, 0.29) is 0 Å². The maximum absolute atomic E-state index is 5.67. The fourth-order valence-electron chi connectivity index (χ4n) is 2.43. The first-order valence-corrected chi connectivity index (χ1v) is 6.98. The van der Waals surface area contributed by atoms with Crippen molar-refractivity contribution in [2.75, 3.05) is 17.6 Å². The Balaban J connectivity index is 1.92. The highest BCUT2D eigenvalue weighted by molar-refractivity contribution is 9.10. The van der Waals surface area contributed by atoms with E-state index in [1.807, 2.05) is 0 Å². The van der Waals surface area contributed by atoms with E-state index >= 15 is 0 Å². The van der Waals surface area contributed by atoms with Crippen LogP contribution in [0.1, 0.15) is 32.6 Å². The number of nitrogens with zero attached hydrogens (tertiary/aromatic N) is 2. The van der Waals surface area contributed by atoms with E-state index in [0.29, 0.717) is 11.8 Å². The van der Waals surface area contributed by atoms with Crippen LogP contribution in [-0.4, -0.2) is 16.5 Å². The first kappa shape index (κ1) is 12.6. The third-order valence-corrected chi connectivity index (χ3v) is 3.93. The van der Waals surface area contributed by atoms with Crippen molar-refractivity contribution in [1.82, 2.24) is 9.97 Å². The first-order chi connectivity index (χ1) is 8.15. The average Bonchev–Trinajstić information content (AvgIpc) is 2.27. The van der Waals surface area contributed by atoms with Crippen molar-refractivity contribution in [3.05, 3.63) is 10.7 Å². The van der Waals surface area contributed by atoms with E-state index in [9.17, 15) is 0 Å². The van der Waals surface area contributed by atoms with Crippen molar-refractivity contribution in [2.24, 2.45) is 11.8 Å². The van der Waals surface area contributed by atoms with Crippen LogP contribution in [0.2, 0.25) is 0 Å². The summed E-state index contributed by atoms with van der Waals surface area (Å²) in [5.41, 5.74) is 5.67. The van der Waals surface area contributed by atoms with Gasteiger partial charge in [0.05, 0.1) is 0 Å². The average molecular weight is 299 g/mol. The molecule has 1 heterocycles. The second-order valence-corrected chi connectivity index (χ2v) is 5.65. The highest BCUT2D eigenvalue weighted by Crippen LogP contribution is 2.29. The molecule has 0 spiro atoms. The molecule has 2 unspecified atom stereocenters. The van der Waals surface area contributed by atoms with Crippen LogP contribution < -0.4 is 11.1 Å². The predicted octanol–water partition coefficient (Wildman–Crippen LogP) is 3.06. The Morgan fingerprint density at radius 1 is 1.41 bits per heavy atom. The molecule has 94 valence electrons. The third kappa shape index (κ3) is 3.56. The van der Waals surface area contributed by atoms with E-state index < -0.39 is 0 Å². The van der Waals surface area contributed by atoms with Crippen LogP contribution in [0, 0.1) is 11.8 Å². The van der Waals surface area contributed by atoms with Crippen LogP contribution in [-0.2, 0) is 0 Å². The van der Waals surface area contributed by atoms with Gasteiger partial charge >= 0.3 is 0 Å². The largest absolute Gasteiger partial charge is 0.383 e. The van der Waals surface area contributed by atoms with Gasteiger partial charge in [-0.15, -0.1) is 0 Å². The van der Waals surface area contributed by atoms with Gasteiger partial charge in [-0.1, -0.05) is 26.2 Å². The molecule has 1 fully saturated rings. The molecule has 5 heteroatoms. The van der Waals surface area contributed by atoms with Crippen LogP contribution in [0.5, 0.6) is 0 Å². The number of hydrogen-bond acceptors (Lipinski definition) is 4. The molecule has 3 N–H and O–H groups in total. The van der Waals surface area contributed by atoms with Crippen LogP contribution in [0.15, 0.2) is 10.7 Å². The molecule has 0 amide bonds. The van der Waals surface area contributed by atoms with Gasteiger partial charge in [0.25, 0.3) is 0 Å². The lowest BCUT2D eigenvalue weighted by Gasteiger charge is -2.28. The Morgan fingerprint density at radius 3 is 2.88 bits per heavy atom. The molecule has 1 saturated carbocycles. The number of aromatic nitrogens is 2.